The average Bonchev–Trinajstić information content (AvgIpc) is 2.17. The van der Waals surface area contributed by atoms with Crippen LogP contribution in [0, 0.1) is 12.2 Å². The van der Waals surface area contributed by atoms with E-state index in [1.807, 2.05) is 0 Å². The van der Waals surface area contributed by atoms with E-state index in [0.717, 1.165) is 5.56 Å². The van der Waals surface area contributed by atoms with Gasteiger partial charge in [-0.3, -0.25) is 4.79 Å². The molecule has 2 nitrogen and oxygen atoms in total. The molecule has 0 fully saturated rings. The smallest absolute Gasteiger partial charge is 0.310 e. The van der Waals surface area contributed by atoms with Gasteiger partial charge in [-0.2, -0.15) is 0 Å². The highest BCUT2D eigenvalue weighted by Gasteiger charge is 2.02. The van der Waals surface area contributed by atoms with Crippen molar-refractivity contribution in [3.8, 4) is 0 Å². The molecule has 0 heterocycles. The van der Waals surface area contributed by atoms with Crippen molar-refractivity contribution in [2.24, 2.45) is 0 Å². The Morgan fingerprint density at radius 3 is 2.64 bits per heavy atom. The van der Waals surface area contributed by atoms with E-state index in [0.29, 0.717) is 13.0 Å². The van der Waals surface area contributed by atoms with Crippen LogP contribution < -0.4 is 0 Å². The molecule has 0 N–H and O–H groups in total. The number of hydrogen-bond donors (Lipinski definition) is 0. The van der Waals surface area contributed by atoms with Gasteiger partial charge in [0.1, 0.15) is 5.82 Å². The van der Waals surface area contributed by atoms with Crippen LogP contribution in [-0.4, -0.2) is 12.6 Å². The summed E-state index contributed by atoms with van der Waals surface area (Å²) in [5.74, 6) is -0.610. The molecule has 14 heavy (non-hydrogen) atoms. The molecule has 0 saturated carbocycles. The summed E-state index contributed by atoms with van der Waals surface area (Å²) in [4.78, 5) is 10.9. The lowest BCUT2D eigenvalue weighted by Crippen LogP contribution is -2.06. The van der Waals surface area contributed by atoms with Gasteiger partial charge in [-0.15, -0.1) is 0 Å². The quantitative estimate of drug-likeness (QED) is 0.688. The molecule has 0 aromatic heterocycles. The molecule has 0 atom stereocenters. The topological polar surface area (TPSA) is 26.3 Å². The van der Waals surface area contributed by atoms with Gasteiger partial charge in [-0.05, 0) is 31.0 Å². The fourth-order valence-corrected chi connectivity index (χ4v) is 1.02. The molecule has 0 bridgehead atoms. The molecule has 0 amide bonds. The number of benzene rings is 1. The number of esters is 1. The van der Waals surface area contributed by atoms with E-state index in [9.17, 15) is 9.18 Å². The molecule has 0 spiro atoms. The molecule has 3 heteroatoms. The van der Waals surface area contributed by atoms with Crippen LogP contribution in [0.15, 0.2) is 24.3 Å². The van der Waals surface area contributed by atoms with Crippen molar-refractivity contribution >= 4 is 5.97 Å². The molecule has 0 aliphatic rings. The van der Waals surface area contributed by atoms with Crippen molar-refractivity contribution in [2.75, 3.05) is 6.61 Å². The van der Waals surface area contributed by atoms with Crippen LogP contribution in [0.2, 0.25) is 0 Å². The lowest BCUT2D eigenvalue weighted by Gasteiger charge is -2.01. The van der Waals surface area contributed by atoms with E-state index >= 15 is 0 Å². The molecular formula is C11H12FO2. The maximum atomic E-state index is 12.5. The zero-order chi connectivity index (χ0) is 10.4. The number of hydrogen-bond acceptors (Lipinski definition) is 2. The zero-order valence-electron chi connectivity index (χ0n) is 8.00. The molecular weight excluding hydrogens is 183 g/mol. The van der Waals surface area contributed by atoms with Crippen molar-refractivity contribution in [1.82, 2.24) is 0 Å². The van der Waals surface area contributed by atoms with Crippen molar-refractivity contribution < 1.29 is 13.9 Å². The Kier molecular flexibility index (Phi) is 4.11. The highest BCUT2D eigenvalue weighted by molar-refractivity contribution is 5.79. The van der Waals surface area contributed by atoms with Gasteiger partial charge in [0.05, 0.1) is 13.0 Å². The van der Waals surface area contributed by atoms with Gasteiger partial charge in [0.15, 0.2) is 0 Å². The first-order valence-corrected chi connectivity index (χ1v) is 4.46. The summed E-state index contributed by atoms with van der Waals surface area (Å²) in [5.41, 5.74) is 0.888. The van der Waals surface area contributed by atoms with Crippen LogP contribution in [0.4, 0.5) is 4.39 Å². The first-order chi connectivity index (χ1) is 6.72. The molecule has 1 radical (unpaired) electrons. The summed E-state index contributed by atoms with van der Waals surface area (Å²) in [6.07, 6.45) is 1.91. The maximum absolute atomic E-state index is 12.5. The number of rotatable bonds is 4. The highest BCUT2D eigenvalue weighted by Crippen LogP contribution is 2.05. The maximum Gasteiger partial charge on any atom is 0.310 e. The second-order valence-corrected chi connectivity index (χ2v) is 2.79. The molecule has 0 unspecified atom stereocenters. The minimum atomic E-state index is -0.336. The Morgan fingerprint density at radius 2 is 2.07 bits per heavy atom. The van der Waals surface area contributed by atoms with E-state index in [4.69, 9.17) is 4.74 Å². The fourth-order valence-electron chi connectivity index (χ4n) is 1.02. The highest BCUT2D eigenvalue weighted by atomic mass is 19.1. The normalized spacial score (nSPS) is 9.86. The molecule has 0 aliphatic heterocycles. The first kappa shape index (κ1) is 10.7. The Morgan fingerprint density at radius 1 is 1.43 bits per heavy atom. The first-order valence-electron chi connectivity index (χ1n) is 4.46. The Labute approximate surface area is 82.7 Å². The minimum absolute atomic E-state index is 0.273. The molecule has 1 aromatic carbocycles. The van der Waals surface area contributed by atoms with Crippen LogP contribution in [-0.2, 0) is 16.0 Å². The average molecular weight is 195 g/mol. The number of carbonyl (C=O) groups is 1. The molecule has 1 aromatic rings. The summed E-state index contributed by atoms with van der Waals surface area (Å²) in [6.45, 7) is 2.13. The second-order valence-electron chi connectivity index (χ2n) is 2.79. The summed E-state index contributed by atoms with van der Waals surface area (Å²) in [6, 6.07) is 6.03. The molecule has 75 valence electrons. The lowest BCUT2D eigenvalue weighted by molar-refractivity contribution is -0.139. The van der Waals surface area contributed by atoms with Gasteiger partial charge in [-0.25, -0.2) is 4.39 Å². The molecule has 0 aliphatic carbocycles. The summed E-state index contributed by atoms with van der Waals surface area (Å²) >= 11 is 0. The number of carbonyl (C=O) groups excluding carboxylic acids is 1. The van der Waals surface area contributed by atoms with E-state index in [1.54, 1.807) is 19.1 Å². The van der Waals surface area contributed by atoms with Crippen molar-refractivity contribution in [3.63, 3.8) is 0 Å². The third-order valence-corrected chi connectivity index (χ3v) is 1.70. The third-order valence-electron chi connectivity index (χ3n) is 1.70. The predicted molar refractivity (Wildman–Crippen MR) is 51.0 cm³/mol. The van der Waals surface area contributed by atoms with Crippen molar-refractivity contribution in [3.05, 3.63) is 42.1 Å². The van der Waals surface area contributed by atoms with E-state index in [2.05, 4.69) is 0 Å². The van der Waals surface area contributed by atoms with Crippen LogP contribution >= 0.6 is 0 Å². The fraction of sp³-hybridized carbons (Fsp3) is 0.273. The van der Waals surface area contributed by atoms with Crippen LogP contribution in [0.3, 0.4) is 0 Å². The van der Waals surface area contributed by atoms with Crippen molar-refractivity contribution in [1.29, 1.82) is 0 Å². The van der Waals surface area contributed by atoms with Crippen LogP contribution in [0.25, 0.3) is 0 Å². The Hall–Kier alpha value is -1.38. The van der Waals surface area contributed by atoms with Gasteiger partial charge < -0.3 is 4.74 Å². The Balaban J connectivity index is 2.38. The second kappa shape index (κ2) is 5.37. The van der Waals surface area contributed by atoms with Gasteiger partial charge in [0, 0.05) is 0 Å². The largest absolute Gasteiger partial charge is 0.466 e. The van der Waals surface area contributed by atoms with Crippen LogP contribution in [0.5, 0.6) is 0 Å². The monoisotopic (exact) mass is 195 g/mol. The summed E-state index contributed by atoms with van der Waals surface area (Å²) in [7, 11) is 0. The van der Waals surface area contributed by atoms with Gasteiger partial charge in [-0.1, -0.05) is 12.1 Å². The Bertz CT molecular complexity index is 293. The summed E-state index contributed by atoms with van der Waals surface area (Å²) in [5, 5.41) is 0. The number of halogens is 1. The predicted octanol–water partition coefficient (Wildman–Crippen LogP) is 2.14. The number of ether oxygens (including phenoxy) is 1. The van der Waals surface area contributed by atoms with Gasteiger partial charge in [0.2, 0.25) is 0 Å². The standard InChI is InChI=1S/C11H12FO2/c1-2-14-11(13)8-5-9-3-6-10(12)7-4-9/h3-4,6-8H,2,5H2,1H3. The van der Waals surface area contributed by atoms with Crippen molar-refractivity contribution in [2.45, 2.75) is 13.3 Å². The van der Waals surface area contributed by atoms with E-state index < -0.39 is 0 Å². The third kappa shape index (κ3) is 3.56. The zero-order valence-corrected chi connectivity index (χ0v) is 8.00. The van der Waals surface area contributed by atoms with Crippen LogP contribution in [0.1, 0.15) is 12.5 Å². The van der Waals surface area contributed by atoms with E-state index in [-0.39, 0.29) is 11.8 Å². The molecule has 1 rings (SSSR count). The minimum Gasteiger partial charge on any atom is -0.466 e. The van der Waals surface area contributed by atoms with Gasteiger partial charge >= 0.3 is 5.97 Å². The van der Waals surface area contributed by atoms with Gasteiger partial charge in [0.25, 0.3) is 0 Å². The summed E-state index contributed by atoms with van der Waals surface area (Å²) < 4.78 is 17.2. The SMILES string of the molecule is CCOC(=O)[CH]Cc1ccc(F)cc1. The molecule has 0 saturated heterocycles. The van der Waals surface area contributed by atoms with E-state index in [1.165, 1.54) is 18.6 Å². The lowest BCUT2D eigenvalue weighted by atomic mass is 10.1.